The molecule has 2 unspecified atom stereocenters. The summed E-state index contributed by atoms with van der Waals surface area (Å²) >= 11 is 0. The van der Waals surface area contributed by atoms with Crippen molar-refractivity contribution in [2.75, 3.05) is 0 Å². The highest BCUT2D eigenvalue weighted by molar-refractivity contribution is 5.93. The molecule has 8 nitrogen and oxygen atoms in total. The Balaban J connectivity index is 2.64. The first-order chi connectivity index (χ1) is 17.9. The fraction of sp³-hybridized carbons (Fsp3) is 0.516. The lowest BCUT2D eigenvalue weighted by Crippen LogP contribution is -2.59. The molecule has 0 radical (unpaired) electrons. The zero-order chi connectivity index (χ0) is 29.7. The van der Waals surface area contributed by atoms with Crippen molar-refractivity contribution in [1.29, 1.82) is 0 Å². The van der Waals surface area contributed by atoms with E-state index in [-0.39, 0.29) is 24.1 Å². The minimum absolute atomic E-state index is 0.0956. The van der Waals surface area contributed by atoms with E-state index in [9.17, 15) is 19.5 Å². The molecule has 214 valence electrons. The smallest absolute Gasteiger partial charge is 0.408 e. The van der Waals surface area contributed by atoms with Gasteiger partial charge in [-0.2, -0.15) is 0 Å². The molecule has 0 aliphatic carbocycles. The van der Waals surface area contributed by atoms with E-state index in [0.717, 1.165) is 16.7 Å². The van der Waals surface area contributed by atoms with Crippen LogP contribution in [0.1, 0.15) is 83.7 Å². The molecule has 0 spiro atoms. The molecule has 0 heterocycles. The summed E-state index contributed by atoms with van der Waals surface area (Å²) in [5.74, 6) is -0.640. The number of aromatic hydroxyl groups is 1. The molecule has 39 heavy (non-hydrogen) atoms. The third kappa shape index (κ3) is 9.30. The average Bonchev–Trinajstić information content (AvgIpc) is 2.77. The normalized spacial score (nSPS) is 13.4. The van der Waals surface area contributed by atoms with Gasteiger partial charge in [0, 0.05) is 18.0 Å². The molecule has 0 aromatic heterocycles. The Morgan fingerprint density at radius 3 is 1.97 bits per heavy atom. The number of aryl methyl sites for hydroxylation is 2. The van der Waals surface area contributed by atoms with Gasteiger partial charge < -0.3 is 25.4 Å². The number of carbonyl (C=O) groups excluding carboxylic acids is 3. The van der Waals surface area contributed by atoms with E-state index in [1.54, 1.807) is 37.8 Å². The van der Waals surface area contributed by atoms with Crippen molar-refractivity contribution in [3.8, 4) is 5.75 Å². The number of hydrogen-bond acceptors (Lipinski definition) is 5. The highest BCUT2D eigenvalue weighted by atomic mass is 16.6. The number of phenols is 1. The Hall–Kier alpha value is -3.55. The number of hydrogen-bond donors (Lipinski definition) is 3. The third-order valence-corrected chi connectivity index (χ3v) is 6.11. The van der Waals surface area contributed by atoms with Crippen molar-refractivity contribution in [2.24, 2.45) is 0 Å². The van der Waals surface area contributed by atoms with Crippen LogP contribution < -0.4 is 10.6 Å². The second-order valence-electron chi connectivity index (χ2n) is 12.4. The third-order valence-electron chi connectivity index (χ3n) is 6.11. The molecule has 2 aromatic carbocycles. The summed E-state index contributed by atoms with van der Waals surface area (Å²) in [7, 11) is 0. The standard InChI is InChI=1S/C31H45N3O5/c1-19(2)32-27(36)26(23-14-11-20(3)21(4)17-23)34(30(5,6)7)28(37)25(33-29(38)39-31(8,9)10)18-22-12-15-24(35)16-13-22/h11-17,19,25-26,35H,18H2,1-10H3,(H,32,36)(H,33,38). The lowest BCUT2D eigenvalue weighted by molar-refractivity contribution is -0.148. The maximum atomic E-state index is 14.4. The highest BCUT2D eigenvalue weighted by Gasteiger charge is 2.42. The first kappa shape index (κ1) is 31.7. The van der Waals surface area contributed by atoms with Crippen LogP contribution in [0.15, 0.2) is 42.5 Å². The monoisotopic (exact) mass is 539 g/mol. The van der Waals surface area contributed by atoms with Gasteiger partial charge in [-0.15, -0.1) is 0 Å². The second-order valence-corrected chi connectivity index (χ2v) is 12.4. The van der Waals surface area contributed by atoms with Crippen LogP contribution in [-0.2, 0) is 20.7 Å². The maximum absolute atomic E-state index is 14.4. The number of amides is 3. The van der Waals surface area contributed by atoms with Crippen LogP contribution in [0, 0.1) is 13.8 Å². The van der Waals surface area contributed by atoms with Crippen LogP contribution in [0.5, 0.6) is 5.75 Å². The minimum atomic E-state index is -1.04. The predicted octanol–water partition coefficient (Wildman–Crippen LogP) is 5.34. The van der Waals surface area contributed by atoms with Crippen LogP contribution >= 0.6 is 0 Å². The summed E-state index contributed by atoms with van der Waals surface area (Å²) in [6.45, 7) is 18.5. The number of benzene rings is 2. The summed E-state index contributed by atoms with van der Waals surface area (Å²) in [5, 5.41) is 15.5. The number of phenolic OH excluding ortho intramolecular Hbond substituents is 1. The van der Waals surface area contributed by atoms with Crippen molar-refractivity contribution >= 4 is 17.9 Å². The summed E-state index contributed by atoms with van der Waals surface area (Å²) in [4.78, 5) is 42.6. The molecule has 8 heteroatoms. The van der Waals surface area contributed by atoms with Crippen molar-refractivity contribution in [1.82, 2.24) is 15.5 Å². The summed E-state index contributed by atoms with van der Waals surface area (Å²) in [6.07, 6.45) is -0.598. The van der Waals surface area contributed by atoms with Gasteiger partial charge in [0.25, 0.3) is 0 Å². The van der Waals surface area contributed by atoms with Gasteiger partial charge in [0.15, 0.2) is 0 Å². The van der Waals surface area contributed by atoms with Crippen molar-refractivity contribution < 1.29 is 24.2 Å². The van der Waals surface area contributed by atoms with E-state index in [0.29, 0.717) is 5.56 Å². The zero-order valence-corrected chi connectivity index (χ0v) is 25.0. The second kappa shape index (κ2) is 12.5. The maximum Gasteiger partial charge on any atom is 0.408 e. The first-order valence-electron chi connectivity index (χ1n) is 13.4. The molecular weight excluding hydrogens is 494 g/mol. The van der Waals surface area contributed by atoms with Crippen LogP contribution in [0.4, 0.5) is 4.79 Å². The summed E-state index contributed by atoms with van der Waals surface area (Å²) < 4.78 is 5.47. The number of alkyl carbamates (subject to hydrolysis) is 1. The number of nitrogens with zero attached hydrogens (tertiary/aromatic N) is 1. The van der Waals surface area contributed by atoms with Gasteiger partial charge in [0.2, 0.25) is 11.8 Å². The highest BCUT2D eigenvalue weighted by Crippen LogP contribution is 2.31. The van der Waals surface area contributed by atoms with Crippen LogP contribution in [-0.4, -0.2) is 51.1 Å². The Morgan fingerprint density at radius 1 is 0.897 bits per heavy atom. The van der Waals surface area contributed by atoms with Gasteiger partial charge in [-0.05, 0) is 104 Å². The van der Waals surface area contributed by atoms with Gasteiger partial charge >= 0.3 is 6.09 Å². The van der Waals surface area contributed by atoms with E-state index in [2.05, 4.69) is 10.6 Å². The Bertz CT molecular complexity index is 1160. The van der Waals surface area contributed by atoms with Crippen LogP contribution in [0.3, 0.4) is 0 Å². The van der Waals surface area contributed by atoms with Gasteiger partial charge in [0.1, 0.15) is 23.4 Å². The molecule has 2 atom stereocenters. The van der Waals surface area contributed by atoms with Crippen LogP contribution in [0.25, 0.3) is 0 Å². The van der Waals surface area contributed by atoms with E-state index < -0.39 is 35.2 Å². The Labute approximate surface area is 233 Å². The molecule has 0 saturated carbocycles. The molecule has 0 aliphatic heterocycles. The topological polar surface area (TPSA) is 108 Å². The van der Waals surface area contributed by atoms with Crippen LogP contribution in [0.2, 0.25) is 0 Å². The number of rotatable bonds is 8. The fourth-order valence-electron chi connectivity index (χ4n) is 4.25. The predicted molar refractivity (Wildman–Crippen MR) is 154 cm³/mol. The lowest BCUT2D eigenvalue weighted by atomic mass is 9.92. The molecular formula is C31H45N3O5. The number of ether oxygens (including phenoxy) is 1. The van der Waals surface area contributed by atoms with Crippen molar-refractivity contribution in [3.05, 3.63) is 64.7 Å². The number of nitrogens with one attached hydrogen (secondary N) is 2. The van der Waals surface area contributed by atoms with Gasteiger partial charge in [-0.3, -0.25) is 9.59 Å². The first-order valence-corrected chi connectivity index (χ1v) is 13.4. The molecule has 0 saturated heterocycles. The lowest BCUT2D eigenvalue weighted by Gasteiger charge is -2.43. The molecule has 0 bridgehead atoms. The van der Waals surface area contributed by atoms with E-state index in [1.807, 2.05) is 66.7 Å². The van der Waals surface area contributed by atoms with Crippen molar-refractivity contribution in [3.63, 3.8) is 0 Å². The summed E-state index contributed by atoms with van der Waals surface area (Å²) in [5.41, 5.74) is 1.93. The molecule has 2 aromatic rings. The van der Waals surface area contributed by atoms with Crippen molar-refractivity contribution in [2.45, 2.75) is 105 Å². The Morgan fingerprint density at radius 2 is 1.49 bits per heavy atom. The zero-order valence-electron chi connectivity index (χ0n) is 25.0. The molecule has 2 rings (SSSR count). The molecule has 0 fully saturated rings. The quantitative estimate of drug-likeness (QED) is 0.420. The van der Waals surface area contributed by atoms with E-state index in [4.69, 9.17) is 4.74 Å². The minimum Gasteiger partial charge on any atom is -0.508 e. The SMILES string of the molecule is Cc1ccc(C(C(=O)NC(C)C)N(C(=O)C(Cc2ccc(O)cc2)NC(=O)OC(C)(C)C)C(C)(C)C)cc1C. The van der Waals surface area contributed by atoms with E-state index in [1.165, 1.54) is 12.1 Å². The summed E-state index contributed by atoms with van der Waals surface area (Å²) in [6, 6.07) is 10.1. The van der Waals surface area contributed by atoms with Gasteiger partial charge in [0.05, 0.1) is 0 Å². The average molecular weight is 540 g/mol. The molecule has 3 amide bonds. The molecule has 3 N–H and O–H groups in total. The van der Waals surface area contributed by atoms with E-state index >= 15 is 0 Å². The van der Waals surface area contributed by atoms with Gasteiger partial charge in [-0.25, -0.2) is 4.79 Å². The fourth-order valence-corrected chi connectivity index (χ4v) is 4.25. The largest absolute Gasteiger partial charge is 0.508 e. The number of carbonyl (C=O) groups is 3. The molecule has 0 aliphatic rings. The van der Waals surface area contributed by atoms with Gasteiger partial charge in [-0.1, -0.05) is 30.3 Å². The Kier molecular flexibility index (Phi) is 10.2.